The number of hydrogen-bond donors (Lipinski definition) is 0. The van der Waals surface area contributed by atoms with Crippen LogP contribution < -0.4 is 9.96 Å². The van der Waals surface area contributed by atoms with Crippen LogP contribution in [-0.2, 0) is 20.6 Å². The maximum absolute atomic E-state index is 13.6. The number of anilines is 2. The van der Waals surface area contributed by atoms with E-state index in [9.17, 15) is 22.8 Å². The largest absolute Gasteiger partial charge is 0.416 e. The van der Waals surface area contributed by atoms with Gasteiger partial charge in [0.1, 0.15) is 5.92 Å². The van der Waals surface area contributed by atoms with Crippen LogP contribution >= 0.6 is 15.9 Å². The molecule has 9 heteroatoms. The van der Waals surface area contributed by atoms with E-state index in [1.165, 1.54) is 12.1 Å². The molecule has 5 nitrogen and oxygen atoms in total. The number of aryl methyl sites for hydroxylation is 1. The molecule has 0 bridgehead atoms. The first-order chi connectivity index (χ1) is 16.1. The summed E-state index contributed by atoms with van der Waals surface area (Å²) in [6, 6.07) is 18.3. The minimum atomic E-state index is -4.60. The third kappa shape index (κ3) is 3.78. The fourth-order valence-corrected chi connectivity index (χ4v) is 4.82. The van der Waals surface area contributed by atoms with E-state index in [0.29, 0.717) is 5.69 Å². The van der Waals surface area contributed by atoms with Crippen LogP contribution in [0.2, 0.25) is 0 Å². The minimum absolute atomic E-state index is 0.125. The smallest absolute Gasteiger partial charge is 0.273 e. The first kappa shape index (κ1) is 22.6. The number of carbonyl (C=O) groups is 2. The van der Waals surface area contributed by atoms with Crippen molar-refractivity contribution in [3.8, 4) is 0 Å². The fraction of sp³-hybridized carbons (Fsp3) is 0.200. The molecule has 3 atom stereocenters. The number of benzene rings is 3. The van der Waals surface area contributed by atoms with Crippen molar-refractivity contribution in [1.29, 1.82) is 0 Å². The fourth-order valence-electron chi connectivity index (χ4n) is 4.43. The molecule has 0 aromatic heterocycles. The lowest BCUT2D eigenvalue weighted by atomic mass is 9.90. The van der Waals surface area contributed by atoms with Gasteiger partial charge in [0.25, 0.3) is 5.91 Å². The maximum atomic E-state index is 13.6. The standard InChI is InChI=1S/C25H18BrF3N2O3/c1-14-8-10-15(11-9-14)21-20-22(34-31(21)19-7-3-5-17(26)13-19)24(33)30(23(20)32)18-6-2-4-16(12-18)25(27,28)29/h2-13,20-22H,1H3/t20-,21+,22-/m0/s1. The van der Waals surface area contributed by atoms with E-state index in [1.54, 1.807) is 11.1 Å². The van der Waals surface area contributed by atoms with E-state index < -0.39 is 41.6 Å². The van der Waals surface area contributed by atoms with Crippen molar-refractivity contribution < 1.29 is 27.6 Å². The third-order valence-corrected chi connectivity index (χ3v) is 6.52. The van der Waals surface area contributed by atoms with E-state index in [0.717, 1.165) is 32.6 Å². The minimum Gasteiger partial charge on any atom is -0.273 e. The molecule has 5 rings (SSSR count). The highest BCUT2D eigenvalue weighted by Gasteiger charge is 2.60. The predicted molar refractivity (Wildman–Crippen MR) is 123 cm³/mol. The van der Waals surface area contributed by atoms with Crippen LogP contribution in [0, 0.1) is 12.8 Å². The molecule has 0 spiro atoms. The second-order valence-corrected chi connectivity index (χ2v) is 9.19. The molecule has 34 heavy (non-hydrogen) atoms. The average molecular weight is 531 g/mol. The van der Waals surface area contributed by atoms with Crippen molar-refractivity contribution in [2.75, 3.05) is 9.96 Å². The van der Waals surface area contributed by atoms with Gasteiger partial charge in [-0.15, -0.1) is 0 Å². The van der Waals surface area contributed by atoms with Crippen molar-refractivity contribution >= 4 is 39.1 Å². The van der Waals surface area contributed by atoms with Crippen LogP contribution in [0.25, 0.3) is 0 Å². The van der Waals surface area contributed by atoms with Crippen LogP contribution in [0.15, 0.2) is 77.3 Å². The number of rotatable bonds is 3. The lowest BCUT2D eigenvalue weighted by molar-refractivity contribution is -0.137. The molecule has 174 valence electrons. The second-order valence-electron chi connectivity index (χ2n) is 8.27. The summed E-state index contributed by atoms with van der Waals surface area (Å²) in [5.41, 5.74) is 1.35. The number of hydrogen-bond acceptors (Lipinski definition) is 4. The molecule has 0 saturated carbocycles. The molecule has 3 aromatic carbocycles. The zero-order valence-electron chi connectivity index (χ0n) is 17.8. The Morgan fingerprint density at radius 1 is 0.882 bits per heavy atom. The zero-order chi connectivity index (χ0) is 24.2. The van der Waals surface area contributed by atoms with E-state index in [2.05, 4.69) is 15.9 Å². The zero-order valence-corrected chi connectivity index (χ0v) is 19.4. The van der Waals surface area contributed by atoms with E-state index in [4.69, 9.17) is 4.84 Å². The maximum Gasteiger partial charge on any atom is 0.416 e. The molecule has 0 radical (unpaired) electrons. The van der Waals surface area contributed by atoms with Crippen LogP contribution in [0.1, 0.15) is 22.7 Å². The molecule has 2 aliphatic rings. The Kier molecular flexibility index (Phi) is 5.49. The number of hydroxylamine groups is 1. The first-order valence-electron chi connectivity index (χ1n) is 10.5. The molecule has 2 fully saturated rings. The van der Waals surface area contributed by atoms with Gasteiger partial charge in [0.2, 0.25) is 5.91 Å². The molecule has 0 unspecified atom stereocenters. The van der Waals surface area contributed by atoms with Crippen molar-refractivity contribution in [3.05, 3.63) is 94.0 Å². The van der Waals surface area contributed by atoms with E-state index in [-0.39, 0.29) is 5.69 Å². The Morgan fingerprint density at radius 3 is 2.24 bits per heavy atom. The lowest BCUT2D eigenvalue weighted by Crippen LogP contribution is -2.37. The summed E-state index contributed by atoms with van der Waals surface area (Å²) in [5, 5.41) is 1.55. The number of imide groups is 1. The molecule has 2 heterocycles. The summed E-state index contributed by atoms with van der Waals surface area (Å²) in [6.45, 7) is 1.93. The van der Waals surface area contributed by atoms with Gasteiger partial charge in [-0.3, -0.25) is 14.4 Å². The summed E-state index contributed by atoms with van der Waals surface area (Å²) >= 11 is 3.43. The first-order valence-corrected chi connectivity index (χ1v) is 11.3. The van der Waals surface area contributed by atoms with Gasteiger partial charge in [-0.25, -0.2) is 9.96 Å². The van der Waals surface area contributed by atoms with Gasteiger partial charge in [0, 0.05) is 4.47 Å². The third-order valence-electron chi connectivity index (χ3n) is 6.03. The van der Waals surface area contributed by atoms with Crippen molar-refractivity contribution in [3.63, 3.8) is 0 Å². The quantitative estimate of drug-likeness (QED) is 0.400. The molecule has 0 aliphatic carbocycles. The van der Waals surface area contributed by atoms with Gasteiger partial charge < -0.3 is 0 Å². The number of halogens is 4. The summed E-state index contributed by atoms with van der Waals surface area (Å²) in [6.07, 6.45) is -5.76. The second kappa shape index (κ2) is 8.25. The Morgan fingerprint density at radius 2 is 1.56 bits per heavy atom. The van der Waals surface area contributed by atoms with Gasteiger partial charge in [-0.1, -0.05) is 57.9 Å². The monoisotopic (exact) mass is 530 g/mol. The van der Waals surface area contributed by atoms with Crippen LogP contribution in [0.3, 0.4) is 0 Å². The Labute approximate surface area is 201 Å². The molecule has 2 aliphatic heterocycles. The van der Waals surface area contributed by atoms with Crippen LogP contribution in [-0.4, -0.2) is 17.9 Å². The topological polar surface area (TPSA) is 49.9 Å². The molecule has 3 aromatic rings. The highest BCUT2D eigenvalue weighted by Crippen LogP contribution is 2.48. The normalized spacial score (nSPS) is 22.4. The lowest BCUT2D eigenvalue weighted by Gasteiger charge is -2.29. The van der Waals surface area contributed by atoms with Gasteiger partial charge in [-0.05, 0) is 48.9 Å². The average Bonchev–Trinajstić information content (AvgIpc) is 3.30. The van der Waals surface area contributed by atoms with Crippen LogP contribution in [0.4, 0.5) is 24.5 Å². The SMILES string of the molecule is Cc1ccc([C@@H]2[C@@H]3C(=O)N(c4cccc(C(F)(F)F)c4)C(=O)[C@H]3ON2c2cccc(Br)c2)cc1. The summed E-state index contributed by atoms with van der Waals surface area (Å²) in [5.74, 6) is -2.22. The molecule has 2 amide bonds. The molecule has 2 saturated heterocycles. The van der Waals surface area contributed by atoms with Gasteiger partial charge in [0.05, 0.1) is 23.0 Å². The van der Waals surface area contributed by atoms with Crippen molar-refractivity contribution in [1.82, 2.24) is 0 Å². The van der Waals surface area contributed by atoms with Gasteiger partial charge in [-0.2, -0.15) is 13.2 Å². The highest BCUT2D eigenvalue weighted by molar-refractivity contribution is 9.10. The van der Waals surface area contributed by atoms with Crippen molar-refractivity contribution in [2.24, 2.45) is 5.92 Å². The van der Waals surface area contributed by atoms with Crippen LogP contribution in [0.5, 0.6) is 0 Å². The molecular formula is C25H18BrF3N2O3. The number of alkyl halides is 3. The number of nitrogens with zero attached hydrogens (tertiary/aromatic N) is 2. The summed E-state index contributed by atoms with van der Waals surface area (Å²) < 4.78 is 40.5. The van der Waals surface area contributed by atoms with Crippen molar-refractivity contribution in [2.45, 2.75) is 25.2 Å². The van der Waals surface area contributed by atoms with E-state index >= 15 is 0 Å². The Bertz CT molecular complexity index is 1280. The Hall–Kier alpha value is -3.17. The van der Waals surface area contributed by atoms with Gasteiger partial charge >= 0.3 is 6.18 Å². The number of amides is 2. The highest BCUT2D eigenvalue weighted by atomic mass is 79.9. The number of carbonyl (C=O) groups excluding carboxylic acids is 2. The summed E-state index contributed by atoms with van der Waals surface area (Å²) in [4.78, 5) is 33.7. The molecule has 0 N–H and O–H groups in total. The van der Waals surface area contributed by atoms with E-state index in [1.807, 2.05) is 49.4 Å². The Balaban J connectivity index is 1.57. The predicted octanol–water partition coefficient (Wildman–Crippen LogP) is 5.83. The summed E-state index contributed by atoms with van der Waals surface area (Å²) in [7, 11) is 0. The molecular weight excluding hydrogens is 513 g/mol. The number of fused-ring (bicyclic) bond motifs is 1. The van der Waals surface area contributed by atoms with Gasteiger partial charge in [0.15, 0.2) is 6.10 Å².